The molecule has 0 aliphatic heterocycles. The standard InChI is InChI=1S/C8H17.3C3H6O3.Sn/c1-3-5-7-8-6-4-2;3*1-2(4)3(5)6;/h1,3-8H2,2H3;3*2,4H,1H3,(H,5,6);/q;;;;+3/p-3. The molecule has 0 aromatic heterocycles. The average molecular weight is 499 g/mol. The first kappa shape index (κ1) is 33.7. The van der Waals surface area contributed by atoms with Crippen LogP contribution in [0.1, 0.15) is 66.2 Å². The van der Waals surface area contributed by atoms with Crippen molar-refractivity contribution in [2.75, 3.05) is 0 Å². The predicted octanol–water partition coefficient (Wildman–Crippen LogP) is -2.71. The number of carboxylic acids is 3. The first-order valence-corrected chi connectivity index (χ1v) is 10.7. The molecule has 3 N–H and O–H groups in total. The van der Waals surface area contributed by atoms with E-state index in [1.807, 2.05) is 0 Å². The van der Waals surface area contributed by atoms with Crippen LogP contribution in [-0.4, -0.2) is 74.1 Å². The van der Waals surface area contributed by atoms with Gasteiger partial charge in [0.05, 0.1) is 36.2 Å². The Morgan fingerprint density at radius 1 is 0.704 bits per heavy atom. The van der Waals surface area contributed by atoms with Gasteiger partial charge in [-0.05, 0) is 20.8 Å². The van der Waals surface area contributed by atoms with Gasteiger partial charge in [0.15, 0.2) is 0 Å². The van der Waals surface area contributed by atoms with Crippen LogP contribution >= 0.6 is 0 Å². The molecule has 0 fully saturated rings. The Hall–Kier alpha value is -0.911. The second-order valence-corrected chi connectivity index (χ2v) is 6.93. The fourth-order valence-corrected chi connectivity index (χ4v) is 1.62. The molecule has 27 heavy (non-hydrogen) atoms. The monoisotopic (exact) mass is 500 g/mol. The van der Waals surface area contributed by atoms with E-state index in [0.29, 0.717) is 0 Å². The molecular weight excluding hydrogens is 467 g/mol. The Morgan fingerprint density at radius 3 is 1.11 bits per heavy atom. The number of unbranched alkanes of at least 4 members (excludes halogenated alkanes) is 5. The van der Waals surface area contributed by atoms with E-state index in [-0.39, 0.29) is 0 Å². The molecule has 0 heterocycles. The number of carboxylic acid groups (broad SMARTS) is 3. The first-order valence-electron chi connectivity index (χ1n) is 8.66. The van der Waals surface area contributed by atoms with Crippen LogP contribution in [0.25, 0.3) is 0 Å². The van der Waals surface area contributed by atoms with E-state index in [1.165, 1.54) is 43.0 Å². The fourth-order valence-electron chi connectivity index (χ4n) is 0.905. The Bertz CT molecular complexity index is 310. The van der Waals surface area contributed by atoms with Crippen molar-refractivity contribution in [3.63, 3.8) is 0 Å². The summed E-state index contributed by atoms with van der Waals surface area (Å²) in [5, 5.41) is 51.9. The maximum absolute atomic E-state index is 9.34. The van der Waals surface area contributed by atoms with Gasteiger partial charge < -0.3 is 45.0 Å². The van der Waals surface area contributed by atoms with Gasteiger partial charge >= 0.3 is 72.4 Å². The molecule has 3 unspecified atom stereocenters. The van der Waals surface area contributed by atoms with Crippen LogP contribution < -0.4 is 15.3 Å². The molecule has 0 aromatic rings. The van der Waals surface area contributed by atoms with Crippen molar-refractivity contribution in [3.8, 4) is 0 Å². The summed E-state index contributed by atoms with van der Waals surface area (Å²) in [6.45, 7) is 5.67. The third kappa shape index (κ3) is 45.8. The first-order chi connectivity index (χ1) is 12.3. The Morgan fingerprint density at radius 2 is 0.926 bits per heavy atom. The number of aliphatic carboxylic acids is 3. The molecule has 0 saturated carbocycles. The third-order valence-electron chi connectivity index (χ3n) is 2.55. The summed E-state index contributed by atoms with van der Waals surface area (Å²) in [4.78, 5) is 28.0. The van der Waals surface area contributed by atoms with Crippen LogP contribution in [0.4, 0.5) is 0 Å². The van der Waals surface area contributed by atoms with E-state index in [1.54, 1.807) is 22.5 Å². The van der Waals surface area contributed by atoms with Gasteiger partial charge in [0, 0.05) is 0 Å². The van der Waals surface area contributed by atoms with E-state index in [0.717, 1.165) is 20.8 Å². The van der Waals surface area contributed by atoms with Crippen molar-refractivity contribution in [2.24, 2.45) is 0 Å². The van der Waals surface area contributed by atoms with Gasteiger partial charge in [0.2, 0.25) is 0 Å². The van der Waals surface area contributed by atoms with Crippen LogP contribution in [0, 0.1) is 0 Å². The molecule has 3 atom stereocenters. The molecule has 0 bridgehead atoms. The molecule has 0 spiro atoms. The number of rotatable bonds is 9. The number of carbonyl (C=O) groups excluding carboxylic acids is 3. The molecule has 10 heteroatoms. The van der Waals surface area contributed by atoms with Gasteiger partial charge in [0.1, 0.15) is 0 Å². The maximum atomic E-state index is 9.34. The van der Waals surface area contributed by atoms with Gasteiger partial charge in [-0.25, -0.2) is 0 Å². The van der Waals surface area contributed by atoms with Gasteiger partial charge in [-0.15, -0.1) is 0 Å². The SMILES string of the molecule is CC(O)C(=O)[O-].CC(O)C(=O)[O-].CC(O)C(=O)[O-].CCCCCCC[CH2][Sn+3]. The van der Waals surface area contributed by atoms with E-state index < -0.39 is 36.2 Å². The summed E-state index contributed by atoms with van der Waals surface area (Å²) < 4.78 is 1.46. The second-order valence-electron chi connectivity index (χ2n) is 5.50. The van der Waals surface area contributed by atoms with E-state index in [2.05, 4.69) is 6.92 Å². The molecular formula is C17H32O9Sn. The van der Waals surface area contributed by atoms with E-state index >= 15 is 0 Å². The quantitative estimate of drug-likeness (QED) is 0.224. The number of hydrogen-bond acceptors (Lipinski definition) is 9. The minimum atomic E-state index is -1.44. The van der Waals surface area contributed by atoms with E-state index in [4.69, 9.17) is 15.3 Å². The minimum absolute atomic E-state index is 1.13. The van der Waals surface area contributed by atoms with Crippen molar-refractivity contribution in [2.45, 2.75) is 89.0 Å². The van der Waals surface area contributed by atoms with Crippen LogP contribution in [-0.2, 0) is 14.4 Å². The Balaban J connectivity index is -0.000000133. The molecule has 0 radical (unpaired) electrons. The molecule has 0 amide bonds. The zero-order chi connectivity index (χ0) is 22.4. The van der Waals surface area contributed by atoms with Gasteiger partial charge in [-0.1, -0.05) is 0 Å². The zero-order valence-corrected chi connectivity index (χ0v) is 19.3. The second kappa shape index (κ2) is 25.1. The van der Waals surface area contributed by atoms with Crippen molar-refractivity contribution in [3.05, 3.63) is 0 Å². The molecule has 0 aromatic carbocycles. The van der Waals surface area contributed by atoms with E-state index in [9.17, 15) is 29.7 Å². The van der Waals surface area contributed by atoms with Gasteiger partial charge in [0.25, 0.3) is 0 Å². The van der Waals surface area contributed by atoms with Crippen molar-refractivity contribution in [1.29, 1.82) is 0 Å². The topological polar surface area (TPSA) is 181 Å². The molecule has 0 aliphatic rings. The van der Waals surface area contributed by atoms with Crippen molar-refractivity contribution >= 4 is 40.4 Å². The predicted molar refractivity (Wildman–Crippen MR) is 94.0 cm³/mol. The summed E-state index contributed by atoms with van der Waals surface area (Å²) in [5.41, 5.74) is 0. The van der Waals surface area contributed by atoms with Crippen LogP contribution in [0.2, 0.25) is 4.44 Å². The normalized spacial score (nSPS) is 12.5. The summed E-state index contributed by atoms with van der Waals surface area (Å²) in [6, 6.07) is 0. The summed E-state index contributed by atoms with van der Waals surface area (Å²) in [6.07, 6.45) is 4.68. The number of carbonyl (C=O) groups is 3. The average Bonchev–Trinajstić information content (AvgIpc) is 2.56. The Kier molecular flexibility index (Phi) is 31.3. The van der Waals surface area contributed by atoms with Crippen LogP contribution in [0.15, 0.2) is 0 Å². The van der Waals surface area contributed by atoms with Crippen molar-refractivity contribution in [1.82, 2.24) is 0 Å². The molecule has 0 rings (SSSR count). The Labute approximate surface area is 174 Å². The van der Waals surface area contributed by atoms with Gasteiger partial charge in [-0.2, -0.15) is 0 Å². The summed E-state index contributed by atoms with van der Waals surface area (Å²) >= 11 is 1.71. The van der Waals surface area contributed by atoms with Crippen LogP contribution in [0.3, 0.4) is 0 Å². The summed E-state index contributed by atoms with van der Waals surface area (Å²) in [7, 11) is 0. The fraction of sp³-hybridized carbons (Fsp3) is 0.824. The van der Waals surface area contributed by atoms with Crippen LogP contribution in [0.5, 0.6) is 0 Å². The summed E-state index contributed by atoms with van der Waals surface area (Å²) in [5.74, 6) is -4.31. The number of hydrogen-bond donors (Lipinski definition) is 3. The molecule has 0 saturated heterocycles. The number of aliphatic hydroxyl groups excluding tert-OH is 3. The van der Waals surface area contributed by atoms with Crippen molar-refractivity contribution < 1.29 is 45.0 Å². The molecule has 158 valence electrons. The molecule has 9 nitrogen and oxygen atoms in total. The van der Waals surface area contributed by atoms with Gasteiger partial charge in [-0.3, -0.25) is 0 Å². The number of aliphatic hydroxyl groups is 3. The third-order valence-corrected chi connectivity index (χ3v) is 3.56. The zero-order valence-electron chi connectivity index (χ0n) is 16.5. The molecule has 0 aliphatic carbocycles.